The molecule has 1 heterocycles. The summed E-state index contributed by atoms with van der Waals surface area (Å²) < 4.78 is 1.57. The van der Waals surface area contributed by atoms with Crippen LogP contribution >= 0.6 is 0 Å². The van der Waals surface area contributed by atoms with E-state index in [0.717, 1.165) is 25.7 Å². The van der Waals surface area contributed by atoms with Crippen LogP contribution in [0.5, 0.6) is 0 Å². The van der Waals surface area contributed by atoms with Crippen molar-refractivity contribution in [2.75, 3.05) is 6.61 Å². The highest BCUT2D eigenvalue weighted by Crippen LogP contribution is 2.29. The number of nitrogens with zero attached hydrogens (tertiary/aromatic N) is 2. The van der Waals surface area contributed by atoms with Gasteiger partial charge in [-0.1, -0.05) is 12.8 Å². The maximum absolute atomic E-state index is 11.1. The van der Waals surface area contributed by atoms with Gasteiger partial charge in [-0.05, 0) is 12.8 Å². The fourth-order valence-corrected chi connectivity index (χ4v) is 2.56. The molecule has 1 aromatic heterocycles. The molecule has 3 N–H and O–H groups in total. The summed E-state index contributed by atoms with van der Waals surface area (Å²) in [7, 11) is 1.73. The second kappa shape index (κ2) is 5.07. The van der Waals surface area contributed by atoms with Crippen molar-refractivity contribution >= 4 is 5.97 Å². The Balaban J connectivity index is 2.10. The van der Waals surface area contributed by atoms with E-state index in [2.05, 4.69) is 10.4 Å². The minimum absolute atomic E-state index is 0.0905. The SMILES string of the molecule is Cn1ncc(C(=O)O)c1CNC1(CO)CCCC1. The number of hydrogen-bond donors (Lipinski definition) is 3. The third-order valence-corrected chi connectivity index (χ3v) is 3.79. The summed E-state index contributed by atoms with van der Waals surface area (Å²) in [6.45, 7) is 0.506. The average Bonchev–Trinajstić information content (AvgIpc) is 2.94. The van der Waals surface area contributed by atoms with Crippen molar-refractivity contribution in [2.45, 2.75) is 37.8 Å². The van der Waals surface area contributed by atoms with E-state index in [1.54, 1.807) is 11.7 Å². The molecule has 1 aliphatic rings. The average molecular weight is 253 g/mol. The van der Waals surface area contributed by atoms with E-state index in [4.69, 9.17) is 5.11 Å². The van der Waals surface area contributed by atoms with Gasteiger partial charge < -0.3 is 15.5 Å². The predicted molar refractivity (Wildman–Crippen MR) is 65.3 cm³/mol. The zero-order valence-electron chi connectivity index (χ0n) is 10.5. The Bertz CT molecular complexity index is 436. The number of aromatic nitrogens is 2. The minimum Gasteiger partial charge on any atom is -0.478 e. The fourth-order valence-electron chi connectivity index (χ4n) is 2.56. The molecule has 0 unspecified atom stereocenters. The van der Waals surface area contributed by atoms with Gasteiger partial charge >= 0.3 is 5.97 Å². The molecule has 0 bridgehead atoms. The number of aliphatic hydroxyl groups excluding tert-OH is 1. The van der Waals surface area contributed by atoms with Gasteiger partial charge in [0.05, 0.1) is 18.5 Å². The fraction of sp³-hybridized carbons (Fsp3) is 0.667. The summed E-state index contributed by atoms with van der Waals surface area (Å²) in [5, 5.41) is 25.8. The first-order valence-corrected chi connectivity index (χ1v) is 6.18. The van der Waals surface area contributed by atoms with Crippen LogP contribution in [0.4, 0.5) is 0 Å². The molecule has 0 atom stereocenters. The van der Waals surface area contributed by atoms with E-state index in [1.807, 2.05) is 0 Å². The van der Waals surface area contributed by atoms with E-state index >= 15 is 0 Å². The molecule has 100 valence electrons. The number of hydrogen-bond acceptors (Lipinski definition) is 4. The Hall–Kier alpha value is -1.40. The Morgan fingerprint density at radius 1 is 1.56 bits per heavy atom. The largest absolute Gasteiger partial charge is 0.478 e. The lowest BCUT2D eigenvalue weighted by atomic mass is 9.98. The first-order valence-electron chi connectivity index (χ1n) is 6.18. The van der Waals surface area contributed by atoms with Crippen LogP contribution in [0.25, 0.3) is 0 Å². The van der Waals surface area contributed by atoms with Gasteiger partial charge in [0.1, 0.15) is 5.56 Å². The van der Waals surface area contributed by atoms with E-state index in [-0.39, 0.29) is 17.7 Å². The standard InChI is InChI=1S/C12H19N3O3/c1-15-10(9(6-14-15)11(17)18)7-13-12(8-16)4-2-3-5-12/h6,13,16H,2-5,7-8H2,1H3,(H,17,18). The van der Waals surface area contributed by atoms with Crippen molar-refractivity contribution < 1.29 is 15.0 Å². The summed E-state index contributed by atoms with van der Waals surface area (Å²) in [4.78, 5) is 11.1. The van der Waals surface area contributed by atoms with Gasteiger partial charge in [0, 0.05) is 19.1 Å². The third kappa shape index (κ3) is 2.39. The van der Waals surface area contributed by atoms with Crippen LogP contribution in [0.2, 0.25) is 0 Å². The molecular formula is C12H19N3O3. The summed E-state index contributed by atoms with van der Waals surface area (Å²) >= 11 is 0. The van der Waals surface area contributed by atoms with E-state index in [0.29, 0.717) is 12.2 Å². The number of aryl methyl sites for hydroxylation is 1. The van der Waals surface area contributed by atoms with Crippen molar-refractivity contribution in [3.63, 3.8) is 0 Å². The second-order valence-corrected chi connectivity index (χ2v) is 4.93. The Morgan fingerprint density at radius 3 is 2.78 bits per heavy atom. The van der Waals surface area contributed by atoms with Crippen LogP contribution in [0.3, 0.4) is 0 Å². The Kier molecular flexibility index (Phi) is 3.68. The first-order chi connectivity index (χ1) is 8.58. The molecule has 2 rings (SSSR count). The number of aliphatic hydroxyl groups is 1. The van der Waals surface area contributed by atoms with Gasteiger partial charge in [0.25, 0.3) is 0 Å². The highest BCUT2D eigenvalue weighted by molar-refractivity contribution is 5.88. The first kappa shape index (κ1) is 13.0. The van der Waals surface area contributed by atoms with Gasteiger partial charge in [-0.25, -0.2) is 4.79 Å². The minimum atomic E-state index is -0.968. The summed E-state index contributed by atoms with van der Waals surface area (Å²) in [6, 6.07) is 0. The quantitative estimate of drug-likeness (QED) is 0.712. The molecule has 0 radical (unpaired) electrons. The van der Waals surface area contributed by atoms with Gasteiger partial charge in [-0.3, -0.25) is 4.68 Å². The van der Waals surface area contributed by atoms with Gasteiger partial charge in [0.2, 0.25) is 0 Å². The number of carbonyl (C=O) groups is 1. The molecule has 1 fully saturated rings. The van der Waals surface area contributed by atoms with Crippen molar-refractivity contribution in [3.8, 4) is 0 Å². The summed E-state index contributed by atoms with van der Waals surface area (Å²) in [5.41, 5.74) is 0.610. The molecule has 1 saturated carbocycles. The monoisotopic (exact) mass is 253 g/mol. The highest BCUT2D eigenvalue weighted by Gasteiger charge is 2.33. The van der Waals surface area contributed by atoms with Crippen LogP contribution in [0, 0.1) is 0 Å². The van der Waals surface area contributed by atoms with Gasteiger partial charge in [-0.2, -0.15) is 5.10 Å². The maximum atomic E-state index is 11.1. The van der Waals surface area contributed by atoms with Gasteiger partial charge in [0.15, 0.2) is 0 Å². The molecule has 1 aliphatic carbocycles. The Labute approximate surface area is 106 Å². The maximum Gasteiger partial charge on any atom is 0.339 e. The molecule has 0 amide bonds. The van der Waals surface area contributed by atoms with Crippen molar-refractivity contribution in [1.29, 1.82) is 0 Å². The van der Waals surface area contributed by atoms with Crippen LogP contribution < -0.4 is 5.32 Å². The smallest absolute Gasteiger partial charge is 0.339 e. The predicted octanol–water partition coefficient (Wildman–Crippen LogP) is 0.513. The molecule has 6 heteroatoms. The van der Waals surface area contributed by atoms with Crippen LogP contribution in [-0.4, -0.2) is 38.1 Å². The van der Waals surface area contributed by atoms with E-state index < -0.39 is 5.97 Å². The van der Waals surface area contributed by atoms with Crippen LogP contribution in [0.1, 0.15) is 41.7 Å². The molecule has 0 aliphatic heterocycles. The molecular weight excluding hydrogens is 234 g/mol. The second-order valence-electron chi connectivity index (χ2n) is 4.93. The summed E-state index contributed by atoms with van der Waals surface area (Å²) in [6.07, 6.45) is 5.43. The van der Waals surface area contributed by atoms with E-state index in [9.17, 15) is 9.90 Å². The molecule has 0 saturated heterocycles. The summed E-state index contributed by atoms with van der Waals surface area (Å²) in [5.74, 6) is -0.968. The molecule has 6 nitrogen and oxygen atoms in total. The van der Waals surface area contributed by atoms with E-state index in [1.165, 1.54) is 6.20 Å². The lowest BCUT2D eigenvalue weighted by Gasteiger charge is -2.28. The molecule has 0 spiro atoms. The van der Waals surface area contributed by atoms with Crippen molar-refractivity contribution in [3.05, 3.63) is 17.5 Å². The molecule has 18 heavy (non-hydrogen) atoms. The number of carboxylic acid groups (broad SMARTS) is 1. The van der Waals surface area contributed by atoms with Crippen LogP contribution in [0.15, 0.2) is 6.20 Å². The number of aromatic carboxylic acids is 1. The lowest BCUT2D eigenvalue weighted by molar-refractivity contribution is 0.0695. The number of carboxylic acids is 1. The Morgan fingerprint density at radius 2 is 2.22 bits per heavy atom. The number of nitrogens with one attached hydrogen (secondary N) is 1. The molecule has 0 aromatic carbocycles. The molecule has 1 aromatic rings. The number of rotatable bonds is 5. The van der Waals surface area contributed by atoms with Crippen molar-refractivity contribution in [2.24, 2.45) is 7.05 Å². The van der Waals surface area contributed by atoms with Crippen molar-refractivity contribution in [1.82, 2.24) is 15.1 Å². The normalized spacial score (nSPS) is 18.1. The lowest BCUT2D eigenvalue weighted by Crippen LogP contribution is -2.46. The van der Waals surface area contributed by atoms with Crippen LogP contribution in [-0.2, 0) is 13.6 Å². The highest BCUT2D eigenvalue weighted by atomic mass is 16.4. The zero-order valence-corrected chi connectivity index (χ0v) is 10.5. The van der Waals surface area contributed by atoms with Gasteiger partial charge in [-0.15, -0.1) is 0 Å². The third-order valence-electron chi connectivity index (χ3n) is 3.79. The topological polar surface area (TPSA) is 87.4 Å². The zero-order chi connectivity index (χ0) is 13.2.